The van der Waals surface area contributed by atoms with Crippen molar-refractivity contribution in [3.63, 3.8) is 0 Å². The number of carbonyl (C=O) groups is 2. The molecule has 0 fully saturated rings. The van der Waals surface area contributed by atoms with E-state index in [1.54, 1.807) is 50.2 Å². The molecule has 0 saturated heterocycles. The number of amides is 2. The fraction of sp³-hybridized carbons (Fsp3) is 0.448. The van der Waals surface area contributed by atoms with E-state index in [0.29, 0.717) is 18.6 Å². The van der Waals surface area contributed by atoms with E-state index in [1.165, 1.54) is 12.4 Å². The number of halogens is 3. The van der Waals surface area contributed by atoms with Crippen LogP contribution in [0.1, 0.15) is 47.1 Å². The second-order valence-electron chi connectivity index (χ2n) is 12.0. The predicted molar refractivity (Wildman–Crippen MR) is 166 cm³/mol. The molecule has 0 atom stereocenters. The molecule has 2 aromatic heterocycles. The van der Waals surface area contributed by atoms with E-state index < -0.39 is 52.3 Å². The molecule has 258 valence electrons. The van der Waals surface area contributed by atoms with Gasteiger partial charge in [0.25, 0.3) is 0 Å². The van der Waals surface area contributed by atoms with Crippen molar-refractivity contribution in [2.24, 2.45) is 0 Å². The minimum Gasteiger partial charge on any atom is -0.444 e. The molecule has 2 N–H and O–H groups in total. The van der Waals surface area contributed by atoms with Crippen LogP contribution in [-0.2, 0) is 23.8 Å². The van der Waals surface area contributed by atoms with Crippen LogP contribution in [0.2, 0.25) is 0 Å². The molecule has 2 amide bonds. The van der Waals surface area contributed by atoms with Gasteiger partial charge in [0.15, 0.2) is 0 Å². The van der Waals surface area contributed by atoms with Gasteiger partial charge in [0.1, 0.15) is 17.0 Å². The number of ether oxygens (including phenoxy) is 2. The Morgan fingerprint density at radius 1 is 0.787 bits per heavy atom. The summed E-state index contributed by atoms with van der Waals surface area (Å²) in [6.07, 6.45) is 8.63. The molecule has 0 aliphatic carbocycles. The summed E-state index contributed by atoms with van der Waals surface area (Å²) in [4.78, 5) is 33.9. The molecule has 0 spiro atoms. The van der Waals surface area contributed by atoms with Gasteiger partial charge in [-0.15, -0.1) is 0 Å². The van der Waals surface area contributed by atoms with E-state index in [4.69, 9.17) is 19.5 Å². The highest BCUT2D eigenvalue weighted by molar-refractivity contribution is 7.87. The third-order valence-corrected chi connectivity index (χ3v) is 6.66. The second kappa shape index (κ2) is 16.1. The summed E-state index contributed by atoms with van der Waals surface area (Å²) >= 11 is 0. The van der Waals surface area contributed by atoms with E-state index in [2.05, 4.69) is 20.2 Å². The van der Waals surface area contributed by atoms with Crippen molar-refractivity contribution < 1.29 is 54.9 Å². The lowest BCUT2D eigenvalue weighted by Crippen LogP contribution is -2.36. The molecule has 0 bridgehead atoms. The Kier molecular flexibility index (Phi) is 13.4. The predicted octanol–water partition coefficient (Wildman–Crippen LogP) is 3.46. The first-order chi connectivity index (χ1) is 21.6. The van der Waals surface area contributed by atoms with Crippen molar-refractivity contribution in [1.29, 1.82) is 0 Å². The van der Waals surface area contributed by atoms with E-state index in [0.717, 1.165) is 22.1 Å². The summed E-state index contributed by atoms with van der Waals surface area (Å²) in [6, 6.07) is 6.99. The number of nitrogens with zero attached hydrogens (tertiary/aromatic N) is 4. The lowest BCUT2D eigenvalue weighted by atomic mass is 9.81. The zero-order chi connectivity index (χ0) is 35.6. The Balaban J connectivity index is 0.000000261. The summed E-state index contributed by atoms with van der Waals surface area (Å²) in [6.45, 7) is 11.2. The molecular weight excluding hydrogens is 648 g/mol. The largest absolute Gasteiger partial charge is 0.534 e. The van der Waals surface area contributed by atoms with E-state index >= 15 is 0 Å². The average molecular weight is 687 g/mol. The zero-order valence-electron chi connectivity index (χ0n) is 26.8. The highest BCUT2D eigenvalue weighted by Crippen LogP contribution is 2.28. The number of pyridine rings is 2. The molecular formula is C29H38BF3N4O9S. The number of hydrogen-bond donors (Lipinski definition) is 2. The Hall–Kier alpha value is -4.16. The topological polar surface area (TPSA) is 169 Å². The Morgan fingerprint density at radius 2 is 1.23 bits per heavy atom. The van der Waals surface area contributed by atoms with Crippen LogP contribution in [0.3, 0.4) is 0 Å². The van der Waals surface area contributed by atoms with Crippen molar-refractivity contribution >= 4 is 40.5 Å². The molecule has 2 aromatic rings. The van der Waals surface area contributed by atoms with Gasteiger partial charge in [-0.3, -0.25) is 14.9 Å². The maximum atomic E-state index is 12.1. The Labute approximate surface area is 271 Å². The third-order valence-electron chi connectivity index (χ3n) is 5.66. The molecule has 0 radical (unpaired) electrons. The quantitative estimate of drug-likeness (QED) is 0.275. The minimum absolute atomic E-state index is 0.0857. The van der Waals surface area contributed by atoms with Crippen molar-refractivity contribution in [1.82, 2.24) is 19.8 Å². The number of carbonyl (C=O) groups excluding carboxylic acids is 2. The van der Waals surface area contributed by atoms with Crippen molar-refractivity contribution in [3.05, 3.63) is 72.5 Å². The second-order valence-corrected chi connectivity index (χ2v) is 13.5. The summed E-state index contributed by atoms with van der Waals surface area (Å²) < 4.78 is 72.2. The van der Waals surface area contributed by atoms with E-state index in [9.17, 15) is 31.2 Å². The summed E-state index contributed by atoms with van der Waals surface area (Å²) in [5.74, 6) is -0.465. The minimum atomic E-state index is -5.71. The molecule has 4 rings (SSSR count). The van der Waals surface area contributed by atoms with Crippen LogP contribution in [0.15, 0.2) is 67.0 Å². The Morgan fingerprint density at radius 3 is 1.66 bits per heavy atom. The smallest absolute Gasteiger partial charge is 0.444 e. The fourth-order valence-electron chi connectivity index (χ4n) is 3.57. The molecule has 13 nitrogen and oxygen atoms in total. The van der Waals surface area contributed by atoms with Crippen LogP contribution in [0.25, 0.3) is 5.57 Å². The van der Waals surface area contributed by atoms with Crippen LogP contribution >= 0.6 is 0 Å². The molecule has 2 aliphatic heterocycles. The van der Waals surface area contributed by atoms with Crippen LogP contribution in [0.5, 0.6) is 0 Å². The third kappa shape index (κ3) is 13.6. The molecule has 0 unspecified atom stereocenters. The van der Waals surface area contributed by atoms with E-state index in [-0.39, 0.29) is 12.6 Å². The van der Waals surface area contributed by atoms with Gasteiger partial charge < -0.3 is 28.6 Å². The maximum Gasteiger partial charge on any atom is 0.534 e. The molecule has 18 heteroatoms. The van der Waals surface area contributed by atoms with E-state index in [1.807, 2.05) is 32.9 Å². The standard InChI is InChI=1S/C14H18N2O2.C10H14F3NO5S.C5H6BNO2/c1-14(2,3)18-13(17)16-9-6-12(10-16)11-4-7-15-8-5-11;1-9(2,3)18-8(15)14-5-4-7(6-14)19-20(16,17)10(11,12)13;8-6(9)5-1-3-7-4-2-5/h4-8H,9-10H2,1-3H3;4H,5-6H2,1-3H3;1-4,8-9H. The first kappa shape index (κ1) is 39.0. The number of alkyl halides is 3. The molecule has 4 heterocycles. The number of aromatic nitrogens is 2. The monoisotopic (exact) mass is 686 g/mol. The van der Waals surface area contributed by atoms with Gasteiger partial charge in [0, 0.05) is 44.4 Å². The summed E-state index contributed by atoms with van der Waals surface area (Å²) in [5, 5.41) is 17.1. The lowest BCUT2D eigenvalue weighted by Gasteiger charge is -2.24. The van der Waals surface area contributed by atoms with Crippen LogP contribution in [-0.4, -0.2) is 100 Å². The fourth-order valence-corrected chi connectivity index (χ4v) is 4.07. The first-order valence-corrected chi connectivity index (χ1v) is 15.5. The maximum absolute atomic E-state index is 12.1. The number of rotatable bonds is 4. The number of hydrogen-bond acceptors (Lipinski definition) is 11. The average Bonchev–Trinajstić information content (AvgIpc) is 3.63. The van der Waals surface area contributed by atoms with Crippen LogP contribution in [0, 0.1) is 0 Å². The molecule has 2 aliphatic rings. The van der Waals surface area contributed by atoms with Gasteiger partial charge in [-0.2, -0.15) is 21.6 Å². The Bertz CT molecular complexity index is 1510. The van der Waals surface area contributed by atoms with Gasteiger partial charge >= 0.3 is 34.9 Å². The lowest BCUT2D eigenvalue weighted by molar-refractivity contribution is -0.0523. The zero-order valence-corrected chi connectivity index (χ0v) is 27.6. The summed E-state index contributed by atoms with van der Waals surface area (Å²) in [7, 11) is -7.09. The normalized spacial score (nSPS) is 14.9. The van der Waals surface area contributed by atoms with Crippen LogP contribution in [0.4, 0.5) is 22.8 Å². The first-order valence-electron chi connectivity index (χ1n) is 14.1. The molecule has 0 aromatic carbocycles. The van der Waals surface area contributed by atoms with Gasteiger partial charge in [-0.25, -0.2) is 9.59 Å². The molecule has 47 heavy (non-hydrogen) atoms. The van der Waals surface area contributed by atoms with Crippen molar-refractivity contribution in [2.45, 2.75) is 58.3 Å². The molecule has 0 saturated carbocycles. The SMILES string of the molecule is CC(C)(C)OC(=O)N1CC=C(OS(=O)(=O)C(F)(F)F)C1.CC(C)(C)OC(=O)N1CC=C(c2ccncc2)C1.OB(O)c1ccncc1. The van der Waals surface area contributed by atoms with Crippen molar-refractivity contribution in [3.8, 4) is 0 Å². The summed E-state index contributed by atoms with van der Waals surface area (Å²) in [5.41, 5.74) is -4.01. The van der Waals surface area contributed by atoms with Crippen LogP contribution < -0.4 is 5.46 Å². The highest BCUT2D eigenvalue weighted by atomic mass is 32.2. The van der Waals surface area contributed by atoms with Gasteiger partial charge in [0.05, 0.1) is 6.54 Å². The van der Waals surface area contributed by atoms with Gasteiger partial charge in [-0.05, 0) is 88.5 Å². The van der Waals surface area contributed by atoms with Gasteiger partial charge in [-0.1, -0.05) is 6.08 Å². The highest BCUT2D eigenvalue weighted by Gasteiger charge is 2.49. The van der Waals surface area contributed by atoms with Gasteiger partial charge in [0.2, 0.25) is 0 Å². The van der Waals surface area contributed by atoms with Crippen molar-refractivity contribution in [2.75, 3.05) is 26.2 Å².